The van der Waals surface area contributed by atoms with Crippen LogP contribution in [0.3, 0.4) is 0 Å². The molecule has 0 fully saturated rings. The summed E-state index contributed by atoms with van der Waals surface area (Å²) in [5.74, 6) is 1.19. The third-order valence-electron chi connectivity index (χ3n) is 3.72. The lowest BCUT2D eigenvalue weighted by Gasteiger charge is -2.22. The van der Waals surface area contributed by atoms with E-state index in [1.807, 2.05) is 85.8 Å². The minimum atomic E-state index is -0.0739. The predicted molar refractivity (Wildman–Crippen MR) is 96.8 cm³/mol. The molecule has 3 aromatic carbocycles. The maximum atomic E-state index is 13.0. The number of carbonyl (C=O) groups excluding carboxylic acids is 1. The van der Waals surface area contributed by atoms with Crippen molar-refractivity contribution in [2.45, 2.75) is 6.92 Å². The Morgan fingerprint density at radius 3 is 2.08 bits per heavy atom. The van der Waals surface area contributed by atoms with Gasteiger partial charge in [0.25, 0.3) is 5.91 Å². The molecule has 3 aromatic rings. The van der Waals surface area contributed by atoms with E-state index in [-0.39, 0.29) is 5.91 Å². The molecule has 0 saturated carbocycles. The van der Waals surface area contributed by atoms with Gasteiger partial charge in [-0.05, 0) is 43.3 Å². The van der Waals surface area contributed by atoms with E-state index < -0.39 is 0 Å². The maximum absolute atomic E-state index is 13.0. The zero-order chi connectivity index (χ0) is 16.8. The van der Waals surface area contributed by atoms with E-state index in [0.717, 1.165) is 5.69 Å². The fourth-order valence-electron chi connectivity index (χ4n) is 2.54. The van der Waals surface area contributed by atoms with Gasteiger partial charge in [0.15, 0.2) is 0 Å². The summed E-state index contributed by atoms with van der Waals surface area (Å²) in [5.41, 5.74) is 1.42. The normalized spacial score (nSPS) is 10.2. The Morgan fingerprint density at radius 2 is 1.42 bits per heavy atom. The summed E-state index contributed by atoms with van der Waals surface area (Å²) in [6.07, 6.45) is 0. The van der Waals surface area contributed by atoms with Crippen molar-refractivity contribution in [1.29, 1.82) is 0 Å². The summed E-state index contributed by atoms with van der Waals surface area (Å²) in [6.45, 7) is 2.55. The number of hydrogen-bond donors (Lipinski definition) is 0. The number of nitrogens with zero attached hydrogens (tertiary/aromatic N) is 1. The van der Waals surface area contributed by atoms with Crippen molar-refractivity contribution in [3.8, 4) is 11.5 Å². The molecule has 0 atom stereocenters. The van der Waals surface area contributed by atoms with Crippen molar-refractivity contribution in [3.05, 3.63) is 90.5 Å². The molecule has 0 radical (unpaired) electrons. The van der Waals surface area contributed by atoms with Crippen LogP contribution in [0.4, 0.5) is 5.69 Å². The van der Waals surface area contributed by atoms with Crippen molar-refractivity contribution in [2.24, 2.45) is 0 Å². The fraction of sp³-hybridized carbons (Fsp3) is 0.0952. The Bertz CT molecular complexity index is 800. The third-order valence-corrected chi connectivity index (χ3v) is 3.72. The van der Waals surface area contributed by atoms with E-state index >= 15 is 0 Å². The summed E-state index contributed by atoms with van der Waals surface area (Å²) < 4.78 is 5.91. The van der Waals surface area contributed by atoms with Gasteiger partial charge >= 0.3 is 0 Å². The number of rotatable bonds is 5. The van der Waals surface area contributed by atoms with Gasteiger partial charge in [-0.15, -0.1) is 0 Å². The van der Waals surface area contributed by atoms with Gasteiger partial charge < -0.3 is 9.64 Å². The molecule has 0 N–H and O–H groups in total. The SMILES string of the molecule is CCN(C(=O)c1ccccc1Oc1ccccc1)c1ccccc1. The first-order valence-corrected chi connectivity index (χ1v) is 7.98. The summed E-state index contributed by atoms with van der Waals surface area (Å²) in [4.78, 5) is 14.8. The minimum Gasteiger partial charge on any atom is -0.457 e. The van der Waals surface area contributed by atoms with Crippen LogP contribution >= 0.6 is 0 Å². The quantitative estimate of drug-likeness (QED) is 0.651. The van der Waals surface area contributed by atoms with Gasteiger partial charge in [0.05, 0.1) is 5.56 Å². The molecule has 0 aliphatic heterocycles. The van der Waals surface area contributed by atoms with E-state index in [0.29, 0.717) is 23.6 Å². The van der Waals surface area contributed by atoms with Crippen LogP contribution in [0.25, 0.3) is 0 Å². The standard InChI is InChI=1S/C21H19NO2/c1-2-22(17-11-5-3-6-12-17)21(23)19-15-9-10-16-20(19)24-18-13-7-4-8-14-18/h3-16H,2H2,1H3. The Hall–Kier alpha value is -3.07. The van der Waals surface area contributed by atoms with E-state index in [1.54, 1.807) is 11.0 Å². The van der Waals surface area contributed by atoms with Crippen LogP contribution in [0.5, 0.6) is 11.5 Å². The summed E-state index contributed by atoms with van der Waals surface area (Å²) in [7, 11) is 0. The maximum Gasteiger partial charge on any atom is 0.262 e. The number of amides is 1. The number of benzene rings is 3. The first-order chi connectivity index (χ1) is 11.8. The molecule has 0 bridgehead atoms. The molecular weight excluding hydrogens is 298 g/mol. The Morgan fingerprint density at radius 1 is 0.833 bits per heavy atom. The highest BCUT2D eigenvalue weighted by molar-refractivity contribution is 6.07. The molecule has 1 amide bonds. The molecule has 0 heterocycles. The molecule has 3 rings (SSSR count). The zero-order valence-corrected chi connectivity index (χ0v) is 13.6. The highest BCUT2D eigenvalue weighted by Gasteiger charge is 2.19. The van der Waals surface area contributed by atoms with Crippen molar-refractivity contribution in [3.63, 3.8) is 0 Å². The first kappa shape index (κ1) is 15.8. The fourth-order valence-corrected chi connectivity index (χ4v) is 2.54. The van der Waals surface area contributed by atoms with Gasteiger partial charge in [-0.2, -0.15) is 0 Å². The minimum absolute atomic E-state index is 0.0739. The second kappa shape index (κ2) is 7.47. The average molecular weight is 317 g/mol. The van der Waals surface area contributed by atoms with Gasteiger partial charge in [-0.3, -0.25) is 4.79 Å². The number of ether oxygens (including phenoxy) is 1. The number of anilines is 1. The lowest BCUT2D eigenvalue weighted by atomic mass is 10.1. The van der Waals surface area contributed by atoms with Gasteiger partial charge in [0, 0.05) is 12.2 Å². The van der Waals surface area contributed by atoms with Crippen LogP contribution in [0.1, 0.15) is 17.3 Å². The zero-order valence-electron chi connectivity index (χ0n) is 13.6. The molecule has 3 heteroatoms. The number of para-hydroxylation sites is 3. The van der Waals surface area contributed by atoms with Crippen LogP contribution in [0.15, 0.2) is 84.9 Å². The van der Waals surface area contributed by atoms with Crippen LogP contribution in [0, 0.1) is 0 Å². The second-order valence-electron chi connectivity index (χ2n) is 5.30. The smallest absolute Gasteiger partial charge is 0.262 e. The average Bonchev–Trinajstić information content (AvgIpc) is 2.64. The third kappa shape index (κ3) is 3.46. The van der Waals surface area contributed by atoms with Gasteiger partial charge in [-0.25, -0.2) is 0 Å². The number of carbonyl (C=O) groups is 1. The molecule has 0 spiro atoms. The van der Waals surface area contributed by atoms with Crippen molar-refractivity contribution in [1.82, 2.24) is 0 Å². The van der Waals surface area contributed by atoms with Crippen LogP contribution in [-0.2, 0) is 0 Å². The van der Waals surface area contributed by atoms with Crippen LogP contribution in [0.2, 0.25) is 0 Å². The predicted octanol–water partition coefficient (Wildman–Crippen LogP) is 5.15. The highest BCUT2D eigenvalue weighted by atomic mass is 16.5. The molecular formula is C21H19NO2. The van der Waals surface area contributed by atoms with E-state index in [1.165, 1.54) is 0 Å². The second-order valence-corrected chi connectivity index (χ2v) is 5.30. The summed E-state index contributed by atoms with van der Waals surface area (Å²) >= 11 is 0. The molecule has 3 nitrogen and oxygen atoms in total. The summed E-state index contributed by atoms with van der Waals surface area (Å²) in [5, 5.41) is 0. The van der Waals surface area contributed by atoms with Crippen molar-refractivity contribution < 1.29 is 9.53 Å². The lowest BCUT2D eigenvalue weighted by Crippen LogP contribution is -2.30. The van der Waals surface area contributed by atoms with Gasteiger partial charge in [0.2, 0.25) is 0 Å². The molecule has 24 heavy (non-hydrogen) atoms. The number of hydrogen-bond acceptors (Lipinski definition) is 2. The molecule has 0 saturated heterocycles. The van der Waals surface area contributed by atoms with Gasteiger partial charge in [0.1, 0.15) is 11.5 Å². The van der Waals surface area contributed by atoms with Crippen LogP contribution in [-0.4, -0.2) is 12.5 Å². The molecule has 0 aliphatic carbocycles. The van der Waals surface area contributed by atoms with E-state index in [4.69, 9.17) is 4.74 Å². The lowest BCUT2D eigenvalue weighted by molar-refractivity contribution is 0.0986. The Balaban J connectivity index is 1.92. The van der Waals surface area contributed by atoms with Gasteiger partial charge in [-0.1, -0.05) is 48.5 Å². The Kier molecular flexibility index (Phi) is 4.92. The molecule has 0 aromatic heterocycles. The monoisotopic (exact) mass is 317 g/mol. The van der Waals surface area contributed by atoms with Crippen molar-refractivity contribution >= 4 is 11.6 Å². The largest absolute Gasteiger partial charge is 0.457 e. The molecule has 0 aliphatic rings. The van der Waals surface area contributed by atoms with E-state index in [2.05, 4.69) is 0 Å². The summed E-state index contributed by atoms with van der Waals surface area (Å²) in [6, 6.07) is 26.5. The Labute approximate surface area is 142 Å². The highest BCUT2D eigenvalue weighted by Crippen LogP contribution is 2.27. The first-order valence-electron chi connectivity index (χ1n) is 7.98. The van der Waals surface area contributed by atoms with E-state index in [9.17, 15) is 4.79 Å². The molecule has 0 unspecified atom stereocenters. The topological polar surface area (TPSA) is 29.5 Å². The van der Waals surface area contributed by atoms with Crippen molar-refractivity contribution in [2.75, 3.05) is 11.4 Å². The molecule has 120 valence electrons. The van der Waals surface area contributed by atoms with Crippen LogP contribution < -0.4 is 9.64 Å².